The van der Waals surface area contributed by atoms with E-state index in [0.29, 0.717) is 24.1 Å². The van der Waals surface area contributed by atoms with E-state index in [4.69, 9.17) is 0 Å². The Hall–Kier alpha value is -1.69. The quantitative estimate of drug-likeness (QED) is 0.845. The number of hydrogen-bond donors (Lipinski definition) is 1. The molecule has 126 valence electrons. The average Bonchev–Trinajstić information content (AvgIpc) is 2.81. The maximum absolute atomic E-state index is 12.3. The van der Waals surface area contributed by atoms with Gasteiger partial charge in [-0.05, 0) is 32.8 Å². The maximum atomic E-state index is 12.3. The molecule has 0 spiro atoms. The van der Waals surface area contributed by atoms with Crippen LogP contribution in [0.2, 0.25) is 0 Å². The zero-order valence-corrected chi connectivity index (χ0v) is 15.2. The smallest absolute Gasteiger partial charge is 0.259 e. The van der Waals surface area contributed by atoms with Crippen LogP contribution in [-0.4, -0.2) is 33.9 Å². The summed E-state index contributed by atoms with van der Waals surface area (Å²) in [4.78, 5) is 35.6. The monoisotopic (exact) mass is 335 g/mol. The normalized spacial score (nSPS) is 11.1. The SMILES string of the molecule is CCCCN(CC)C(=O)CCc1nc2sc(C)c(C)c2c(=O)[nH]1. The van der Waals surface area contributed by atoms with Crippen molar-refractivity contribution in [2.75, 3.05) is 13.1 Å². The van der Waals surface area contributed by atoms with E-state index in [2.05, 4.69) is 16.9 Å². The van der Waals surface area contributed by atoms with E-state index in [9.17, 15) is 9.59 Å². The Morgan fingerprint density at radius 3 is 2.70 bits per heavy atom. The second-order valence-electron chi connectivity index (χ2n) is 5.80. The Morgan fingerprint density at radius 1 is 1.30 bits per heavy atom. The minimum atomic E-state index is -0.0994. The van der Waals surface area contributed by atoms with Gasteiger partial charge in [0.2, 0.25) is 5.91 Å². The largest absolute Gasteiger partial charge is 0.343 e. The van der Waals surface area contributed by atoms with Crippen LogP contribution in [-0.2, 0) is 11.2 Å². The van der Waals surface area contributed by atoms with E-state index in [-0.39, 0.29) is 11.5 Å². The number of hydrogen-bond acceptors (Lipinski definition) is 4. The molecule has 0 atom stereocenters. The van der Waals surface area contributed by atoms with Crippen LogP contribution in [0.25, 0.3) is 10.2 Å². The molecule has 0 saturated heterocycles. The van der Waals surface area contributed by atoms with Gasteiger partial charge < -0.3 is 9.88 Å². The summed E-state index contributed by atoms with van der Waals surface area (Å²) < 4.78 is 0. The van der Waals surface area contributed by atoms with Gasteiger partial charge >= 0.3 is 0 Å². The molecule has 0 bridgehead atoms. The van der Waals surface area contributed by atoms with Gasteiger partial charge in [0.15, 0.2) is 0 Å². The number of aromatic nitrogens is 2. The molecule has 1 N–H and O–H groups in total. The molecule has 0 saturated carbocycles. The Kier molecular flexibility index (Phi) is 5.93. The fraction of sp³-hybridized carbons (Fsp3) is 0.588. The minimum absolute atomic E-state index is 0.0994. The van der Waals surface area contributed by atoms with Crippen molar-refractivity contribution in [2.45, 2.75) is 53.4 Å². The molecule has 2 aromatic heterocycles. The van der Waals surface area contributed by atoms with E-state index < -0.39 is 0 Å². The Bertz CT molecular complexity index is 748. The second-order valence-corrected chi connectivity index (χ2v) is 7.01. The van der Waals surface area contributed by atoms with Crippen molar-refractivity contribution in [1.82, 2.24) is 14.9 Å². The second kappa shape index (κ2) is 7.73. The van der Waals surface area contributed by atoms with Gasteiger partial charge in [0.25, 0.3) is 5.56 Å². The Balaban J connectivity index is 2.10. The highest BCUT2D eigenvalue weighted by Crippen LogP contribution is 2.25. The molecule has 6 heteroatoms. The zero-order chi connectivity index (χ0) is 17.0. The van der Waals surface area contributed by atoms with Gasteiger partial charge in [-0.2, -0.15) is 0 Å². The number of amides is 1. The first kappa shape index (κ1) is 17.7. The van der Waals surface area contributed by atoms with Crippen molar-refractivity contribution < 1.29 is 4.79 Å². The standard InChI is InChI=1S/C17H25N3O2S/c1-5-7-10-20(6-2)14(21)9-8-13-18-16(22)15-11(3)12(4)23-17(15)19-13/h5-10H2,1-4H3,(H,18,19,22). The number of nitrogens with one attached hydrogen (secondary N) is 1. The number of unbranched alkanes of at least 4 members (excludes halogenated alkanes) is 1. The van der Waals surface area contributed by atoms with Crippen molar-refractivity contribution in [3.63, 3.8) is 0 Å². The number of thiophene rings is 1. The van der Waals surface area contributed by atoms with Gasteiger partial charge in [0, 0.05) is 30.8 Å². The molecular weight excluding hydrogens is 310 g/mol. The van der Waals surface area contributed by atoms with Crippen LogP contribution in [0.5, 0.6) is 0 Å². The van der Waals surface area contributed by atoms with Crippen LogP contribution in [0, 0.1) is 13.8 Å². The number of aromatic amines is 1. The van der Waals surface area contributed by atoms with Crippen LogP contribution in [0.4, 0.5) is 0 Å². The zero-order valence-electron chi connectivity index (χ0n) is 14.4. The molecule has 0 aromatic carbocycles. The predicted molar refractivity (Wildman–Crippen MR) is 95.2 cm³/mol. The van der Waals surface area contributed by atoms with Gasteiger partial charge in [-0.25, -0.2) is 4.98 Å². The van der Waals surface area contributed by atoms with Crippen LogP contribution in [0.3, 0.4) is 0 Å². The molecule has 0 radical (unpaired) electrons. The molecule has 23 heavy (non-hydrogen) atoms. The highest BCUT2D eigenvalue weighted by molar-refractivity contribution is 7.18. The first-order valence-corrected chi connectivity index (χ1v) is 9.06. The maximum Gasteiger partial charge on any atom is 0.259 e. The van der Waals surface area contributed by atoms with Crippen molar-refractivity contribution in [2.24, 2.45) is 0 Å². The van der Waals surface area contributed by atoms with E-state index in [0.717, 1.165) is 41.2 Å². The van der Waals surface area contributed by atoms with Gasteiger partial charge in [0.1, 0.15) is 10.7 Å². The van der Waals surface area contributed by atoms with Gasteiger partial charge in [-0.15, -0.1) is 11.3 Å². The Labute approximate surface area is 140 Å². The third kappa shape index (κ3) is 3.99. The van der Waals surface area contributed by atoms with E-state index >= 15 is 0 Å². The fourth-order valence-electron chi connectivity index (χ4n) is 2.61. The van der Waals surface area contributed by atoms with Gasteiger partial charge in [-0.1, -0.05) is 13.3 Å². The first-order chi connectivity index (χ1) is 11.0. The lowest BCUT2D eigenvalue weighted by Crippen LogP contribution is -2.32. The van der Waals surface area contributed by atoms with Crippen LogP contribution >= 0.6 is 11.3 Å². The van der Waals surface area contributed by atoms with Crippen molar-refractivity contribution in [3.05, 3.63) is 26.6 Å². The molecule has 1 amide bonds. The number of carbonyl (C=O) groups is 1. The molecule has 2 aromatic rings. The van der Waals surface area contributed by atoms with E-state index in [1.807, 2.05) is 25.7 Å². The molecule has 2 heterocycles. The molecular formula is C17H25N3O2S. The predicted octanol–water partition coefficient (Wildman–Crippen LogP) is 3.18. The first-order valence-electron chi connectivity index (χ1n) is 8.24. The molecule has 5 nitrogen and oxygen atoms in total. The van der Waals surface area contributed by atoms with Crippen LogP contribution in [0.15, 0.2) is 4.79 Å². The highest BCUT2D eigenvalue weighted by atomic mass is 32.1. The third-order valence-corrected chi connectivity index (χ3v) is 5.28. The van der Waals surface area contributed by atoms with Crippen molar-refractivity contribution >= 4 is 27.5 Å². The van der Waals surface area contributed by atoms with Gasteiger partial charge in [-0.3, -0.25) is 9.59 Å². The van der Waals surface area contributed by atoms with Gasteiger partial charge in [0.05, 0.1) is 5.39 Å². The van der Waals surface area contributed by atoms with Crippen molar-refractivity contribution in [1.29, 1.82) is 0 Å². The topological polar surface area (TPSA) is 66.1 Å². The minimum Gasteiger partial charge on any atom is -0.343 e. The lowest BCUT2D eigenvalue weighted by atomic mass is 10.2. The third-order valence-electron chi connectivity index (χ3n) is 4.18. The summed E-state index contributed by atoms with van der Waals surface area (Å²) in [7, 11) is 0. The fourth-order valence-corrected chi connectivity index (χ4v) is 3.66. The lowest BCUT2D eigenvalue weighted by molar-refractivity contribution is -0.131. The number of H-pyrrole nitrogens is 1. The number of nitrogens with zero attached hydrogens (tertiary/aromatic N) is 2. The summed E-state index contributed by atoms with van der Waals surface area (Å²) in [6, 6.07) is 0. The molecule has 0 aliphatic heterocycles. The summed E-state index contributed by atoms with van der Waals surface area (Å²) in [6.07, 6.45) is 2.96. The Morgan fingerprint density at radius 2 is 2.04 bits per heavy atom. The molecule has 0 unspecified atom stereocenters. The van der Waals surface area contributed by atoms with E-state index in [1.165, 1.54) is 11.3 Å². The summed E-state index contributed by atoms with van der Waals surface area (Å²) in [5.74, 6) is 0.728. The molecule has 2 rings (SSSR count). The number of carbonyl (C=O) groups excluding carboxylic acids is 1. The summed E-state index contributed by atoms with van der Waals surface area (Å²) in [5, 5.41) is 0.681. The van der Waals surface area contributed by atoms with E-state index in [1.54, 1.807) is 0 Å². The summed E-state index contributed by atoms with van der Waals surface area (Å²) >= 11 is 1.54. The number of aryl methyl sites for hydroxylation is 3. The average molecular weight is 335 g/mol. The van der Waals surface area contributed by atoms with Crippen LogP contribution in [0.1, 0.15) is 49.4 Å². The summed E-state index contributed by atoms with van der Waals surface area (Å²) in [5.41, 5.74) is 0.899. The highest BCUT2D eigenvalue weighted by Gasteiger charge is 2.14. The van der Waals surface area contributed by atoms with Crippen LogP contribution < -0.4 is 5.56 Å². The molecule has 0 aliphatic carbocycles. The number of fused-ring (bicyclic) bond motifs is 1. The number of rotatable bonds is 7. The molecule has 0 aliphatic rings. The molecule has 0 fully saturated rings. The summed E-state index contributed by atoms with van der Waals surface area (Å²) in [6.45, 7) is 9.59. The lowest BCUT2D eigenvalue weighted by Gasteiger charge is -2.20. The van der Waals surface area contributed by atoms with Crippen molar-refractivity contribution in [3.8, 4) is 0 Å².